The lowest BCUT2D eigenvalue weighted by atomic mass is 10.0. The molecule has 0 aliphatic carbocycles. The summed E-state index contributed by atoms with van der Waals surface area (Å²) in [6.07, 6.45) is 0. The molecule has 3 aromatic rings. The van der Waals surface area contributed by atoms with Crippen LogP contribution in [0.2, 0.25) is 0 Å². The Morgan fingerprint density at radius 2 is 1.58 bits per heavy atom. The molecule has 0 fully saturated rings. The van der Waals surface area contributed by atoms with E-state index in [4.69, 9.17) is 0 Å². The van der Waals surface area contributed by atoms with Crippen molar-refractivity contribution in [3.05, 3.63) is 88.7 Å². The first-order valence-corrected chi connectivity index (χ1v) is 11.4. The van der Waals surface area contributed by atoms with Gasteiger partial charge >= 0.3 is 0 Å². The van der Waals surface area contributed by atoms with Crippen LogP contribution in [0.15, 0.2) is 65.6 Å². The van der Waals surface area contributed by atoms with Crippen LogP contribution in [0.5, 0.6) is 0 Å². The summed E-state index contributed by atoms with van der Waals surface area (Å²) < 4.78 is 42.2. The molecular weight excluding hydrogens is 415 g/mol. The molecule has 0 bridgehead atoms. The number of para-hydroxylation sites is 1. The van der Waals surface area contributed by atoms with Crippen LogP contribution in [0.25, 0.3) is 0 Å². The Labute approximate surface area is 182 Å². The summed E-state index contributed by atoms with van der Waals surface area (Å²) in [4.78, 5) is 12.7. The van der Waals surface area contributed by atoms with E-state index in [2.05, 4.69) is 5.32 Å². The fourth-order valence-electron chi connectivity index (χ4n) is 3.61. The Morgan fingerprint density at radius 1 is 0.968 bits per heavy atom. The van der Waals surface area contributed by atoms with E-state index in [-0.39, 0.29) is 17.0 Å². The number of rotatable bonds is 6. The second-order valence-corrected chi connectivity index (χ2v) is 9.24. The van der Waals surface area contributed by atoms with Crippen molar-refractivity contribution in [3.63, 3.8) is 0 Å². The van der Waals surface area contributed by atoms with Crippen molar-refractivity contribution in [3.8, 4) is 0 Å². The average Bonchev–Trinajstić information content (AvgIpc) is 2.71. The Hall–Kier alpha value is -3.19. The number of nitrogens with one attached hydrogen (secondary N) is 1. The lowest BCUT2D eigenvalue weighted by Crippen LogP contribution is -2.31. The maximum absolute atomic E-state index is 14.5. The van der Waals surface area contributed by atoms with Crippen molar-refractivity contribution >= 4 is 27.3 Å². The molecule has 0 aliphatic rings. The predicted molar refractivity (Wildman–Crippen MR) is 122 cm³/mol. The Bertz CT molecular complexity index is 1200. The van der Waals surface area contributed by atoms with Gasteiger partial charge in [-0.1, -0.05) is 35.9 Å². The van der Waals surface area contributed by atoms with Gasteiger partial charge in [0.05, 0.1) is 16.1 Å². The normalized spacial score (nSPS) is 11.3. The van der Waals surface area contributed by atoms with Gasteiger partial charge in [-0.25, -0.2) is 12.8 Å². The van der Waals surface area contributed by atoms with E-state index in [9.17, 15) is 17.6 Å². The SMILES string of the molecule is CCN(c1ccccc1)S(=O)(=O)c1ccc(F)c(C(=O)Nc2c(C)cc(C)cc2C)c1. The molecule has 0 atom stereocenters. The minimum atomic E-state index is -3.99. The van der Waals surface area contributed by atoms with E-state index in [1.165, 1.54) is 10.4 Å². The van der Waals surface area contributed by atoms with Gasteiger partial charge in [0, 0.05) is 12.2 Å². The predicted octanol–water partition coefficient (Wildman–Crippen LogP) is 5.22. The van der Waals surface area contributed by atoms with Gasteiger partial charge in [-0.2, -0.15) is 0 Å². The first-order chi connectivity index (χ1) is 14.6. The molecule has 1 N–H and O–H groups in total. The van der Waals surface area contributed by atoms with Crippen molar-refractivity contribution in [2.75, 3.05) is 16.2 Å². The van der Waals surface area contributed by atoms with Crippen LogP contribution in [-0.4, -0.2) is 20.9 Å². The van der Waals surface area contributed by atoms with Crippen LogP contribution in [0, 0.1) is 26.6 Å². The second kappa shape index (κ2) is 8.89. The fourth-order valence-corrected chi connectivity index (χ4v) is 5.11. The van der Waals surface area contributed by atoms with Crippen LogP contribution < -0.4 is 9.62 Å². The van der Waals surface area contributed by atoms with Gasteiger partial charge in [0.25, 0.3) is 15.9 Å². The Morgan fingerprint density at radius 3 is 2.16 bits per heavy atom. The number of benzene rings is 3. The maximum atomic E-state index is 14.5. The van der Waals surface area contributed by atoms with Gasteiger partial charge in [-0.05, 0) is 69.2 Å². The van der Waals surface area contributed by atoms with E-state index in [0.29, 0.717) is 11.4 Å². The van der Waals surface area contributed by atoms with Gasteiger partial charge in [-0.3, -0.25) is 9.10 Å². The van der Waals surface area contributed by atoms with Gasteiger partial charge in [0.1, 0.15) is 5.82 Å². The summed E-state index contributed by atoms with van der Waals surface area (Å²) in [5.74, 6) is -1.49. The Kier molecular flexibility index (Phi) is 6.45. The van der Waals surface area contributed by atoms with Crippen LogP contribution >= 0.6 is 0 Å². The highest BCUT2D eigenvalue weighted by atomic mass is 32.2. The second-order valence-electron chi connectivity index (χ2n) is 7.37. The lowest BCUT2D eigenvalue weighted by Gasteiger charge is -2.23. The van der Waals surface area contributed by atoms with Crippen molar-refractivity contribution in [2.45, 2.75) is 32.6 Å². The zero-order valence-corrected chi connectivity index (χ0v) is 18.8. The summed E-state index contributed by atoms with van der Waals surface area (Å²) >= 11 is 0. The molecule has 5 nitrogen and oxygen atoms in total. The number of aryl methyl sites for hydroxylation is 3. The Balaban J connectivity index is 1.99. The molecule has 7 heteroatoms. The number of hydrogen-bond donors (Lipinski definition) is 1. The highest BCUT2D eigenvalue weighted by Gasteiger charge is 2.26. The average molecular weight is 441 g/mol. The molecule has 0 aliphatic heterocycles. The highest BCUT2D eigenvalue weighted by Crippen LogP contribution is 2.26. The summed E-state index contributed by atoms with van der Waals surface area (Å²) in [6, 6.07) is 15.7. The van der Waals surface area contributed by atoms with Crippen molar-refractivity contribution in [2.24, 2.45) is 0 Å². The van der Waals surface area contributed by atoms with E-state index >= 15 is 0 Å². The van der Waals surface area contributed by atoms with E-state index in [0.717, 1.165) is 28.8 Å². The number of carbonyl (C=O) groups is 1. The number of anilines is 2. The first-order valence-electron chi connectivity index (χ1n) is 9.91. The zero-order chi connectivity index (χ0) is 22.8. The smallest absolute Gasteiger partial charge is 0.264 e. The van der Waals surface area contributed by atoms with Crippen LogP contribution in [0.4, 0.5) is 15.8 Å². The number of hydrogen-bond acceptors (Lipinski definition) is 3. The number of nitrogens with zero attached hydrogens (tertiary/aromatic N) is 1. The highest BCUT2D eigenvalue weighted by molar-refractivity contribution is 7.92. The molecular formula is C24H25FN2O3S. The van der Waals surface area contributed by atoms with Gasteiger partial charge in [-0.15, -0.1) is 0 Å². The molecule has 3 rings (SSSR count). The molecule has 0 heterocycles. The third kappa shape index (κ3) is 4.61. The van der Waals surface area contributed by atoms with Gasteiger partial charge in [0.15, 0.2) is 0 Å². The molecule has 3 aromatic carbocycles. The largest absolute Gasteiger partial charge is 0.321 e. The minimum Gasteiger partial charge on any atom is -0.321 e. The van der Waals surface area contributed by atoms with Crippen molar-refractivity contribution < 1.29 is 17.6 Å². The molecule has 0 unspecified atom stereocenters. The molecule has 31 heavy (non-hydrogen) atoms. The minimum absolute atomic E-state index is 0.151. The number of halogens is 1. The number of amides is 1. The summed E-state index contributed by atoms with van der Waals surface area (Å²) in [5, 5.41) is 2.73. The van der Waals surface area contributed by atoms with E-state index in [1.54, 1.807) is 37.3 Å². The van der Waals surface area contributed by atoms with Crippen LogP contribution in [-0.2, 0) is 10.0 Å². The van der Waals surface area contributed by atoms with Gasteiger partial charge < -0.3 is 5.32 Å². The summed E-state index contributed by atoms with van der Waals surface area (Å²) in [5.41, 5.74) is 3.49. The molecule has 0 radical (unpaired) electrons. The van der Waals surface area contributed by atoms with Crippen molar-refractivity contribution in [1.82, 2.24) is 0 Å². The molecule has 1 amide bonds. The van der Waals surface area contributed by atoms with Crippen molar-refractivity contribution in [1.29, 1.82) is 0 Å². The summed E-state index contributed by atoms with van der Waals surface area (Å²) in [7, 11) is -3.99. The summed E-state index contributed by atoms with van der Waals surface area (Å²) in [6.45, 7) is 7.56. The van der Waals surface area contributed by atoms with E-state index < -0.39 is 21.7 Å². The van der Waals surface area contributed by atoms with E-state index in [1.807, 2.05) is 32.9 Å². The van der Waals surface area contributed by atoms with Crippen LogP contribution in [0.1, 0.15) is 34.0 Å². The quantitative estimate of drug-likeness (QED) is 0.572. The maximum Gasteiger partial charge on any atom is 0.264 e. The monoisotopic (exact) mass is 440 g/mol. The fraction of sp³-hybridized carbons (Fsp3) is 0.208. The molecule has 162 valence electrons. The lowest BCUT2D eigenvalue weighted by molar-refractivity contribution is 0.102. The first kappa shape index (κ1) is 22.5. The number of carbonyl (C=O) groups excluding carboxylic acids is 1. The third-order valence-corrected chi connectivity index (χ3v) is 6.92. The number of sulfonamides is 1. The van der Waals surface area contributed by atoms with Gasteiger partial charge in [0.2, 0.25) is 0 Å². The standard InChI is InChI=1S/C24H25FN2O3S/c1-5-27(19-9-7-6-8-10-19)31(29,30)20-11-12-22(25)21(15-20)24(28)26-23-17(3)13-16(2)14-18(23)4/h6-15H,5H2,1-4H3,(H,26,28). The van der Waals surface area contributed by atoms with Crippen LogP contribution in [0.3, 0.4) is 0 Å². The molecule has 0 saturated carbocycles. The third-order valence-electron chi connectivity index (χ3n) is 5.02. The molecule has 0 aromatic heterocycles. The zero-order valence-electron chi connectivity index (χ0n) is 17.9. The topological polar surface area (TPSA) is 66.5 Å². The molecule has 0 spiro atoms. The molecule has 0 saturated heterocycles.